The zero-order chi connectivity index (χ0) is 30.6. The topological polar surface area (TPSA) is 173 Å². The standard InChI is InChI=1S/C24H28N6O8/c1-6-30-18-10-8-7-9-17(18)21-23(30)26-24(29-27-21)28-25-11-19(36-14(3)32)22(38-16(5)34)20(37-15(4)33)12-35-13(2)31/h7-11,19-20,22H,6,12H2,1-5H3,(H,26,28,29)/t19-,20+,22-/m0/s1/i2D,3D,4D,5D. The van der Waals surface area contributed by atoms with Crippen molar-refractivity contribution in [1.82, 2.24) is 19.7 Å². The molecule has 0 aliphatic carbocycles. The van der Waals surface area contributed by atoms with Gasteiger partial charge in [0.25, 0.3) is 5.95 Å². The second-order valence-corrected chi connectivity index (χ2v) is 7.58. The second kappa shape index (κ2) is 12.6. The zero-order valence-corrected chi connectivity index (χ0v) is 20.4. The van der Waals surface area contributed by atoms with Crippen LogP contribution in [-0.2, 0) is 44.7 Å². The van der Waals surface area contributed by atoms with Gasteiger partial charge in [0, 0.05) is 45.0 Å². The highest BCUT2D eigenvalue weighted by Gasteiger charge is 2.37. The van der Waals surface area contributed by atoms with Crippen LogP contribution in [0.2, 0.25) is 0 Å². The Bertz CT molecular complexity index is 1460. The SMILES string of the molecule is [2H]CC(=O)OC[C@@H](OC(=O)C[2H])[C@@H](OC(=O)C[2H])[C@H](C=NNc1nnc2c3ccccc3n(CC)c2n1)OC(=O)C[2H]. The first-order valence-corrected chi connectivity index (χ1v) is 11.1. The number of fused-ring (bicyclic) bond motifs is 3. The molecular formula is C24H28N6O8. The van der Waals surface area contributed by atoms with Crippen molar-refractivity contribution in [3.05, 3.63) is 24.3 Å². The summed E-state index contributed by atoms with van der Waals surface area (Å²) in [7, 11) is 0. The maximum Gasteiger partial charge on any atom is 0.303 e. The highest BCUT2D eigenvalue weighted by Crippen LogP contribution is 2.26. The fourth-order valence-corrected chi connectivity index (χ4v) is 3.62. The molecule has 1 N–H and O–H groups in total. The minimum absolute atomic E-state index is 0.0527. The molecule has 0 unspecified atom stereocenters. The predicted octanol–water partition coefficient (Wildman–Crippen LogP) is 1.76. The average molecular weight is 533 g/mol. The van der Waals surface area contributed by atoms with E-state index >= 15 is 0 Å². The number of hydrogen-bond donors (Lipinski definition) is 1. The van der Waals surface area contributed by atoms with E-state index < -0.39 is 76.4 Å². The maximum absolute atomic E-state index is 12.1. The fourth-order valence-electron chi connectivity index (χ4n) is 3.62. The average Bonchev–Trinajstić information content (AvgIpc) is 3.33. The first-order valence-electron chi connectivity index (χ1n) is 13.9. The van der Waals surface area contributed by atoms with Crippen LogP contribution >= 0.6 is 0 Å². The van der Waals surface area contributed by atoms with E-state index in [1.807, 2.05) is 35.8 Å². The summed E-state index contributed by atoms with van der Waals surface area (Å²) in [5.74, 6) is -4.37. The number of carbonyl (C=O) groups excluding carboxylic acids is 4. The van der Waals surface area contributed by atoms with Crippen LogP contribution in [0.4, 0.5) is 5.95 Å². The van der Waals surface area contributed by atoms with Crippen LogP contribution in [0.25, 0.3) is 22.1 Å². The molecule has 14 heteroatoms. The second-order valence-electron chi connectivity index (χ2n) is 7.58. The van der Waals surface area contributed by atoms with E-state index in [0.29, 0.717) is 17.7 Å². The molecule has 2 aromatic heterocycles. The van der Waals surface area contributed by atoms with E-state index in [1.165, 1.54) is 0 Å². The van der Waals surface area contributed by atoms with Crippen molar-refractivity contribution in [2.75, 3.05) is 12.0 Å². The van der Waals surface area contributed by atoms with Crippen LogP contribution in [-0.4, -0.2) is 74.8 Å². The van der Waals surface area contributed by atoms with Gasteiger partial charge in [-0.15, -0.1) is 10.2 Å². The number of carbonyl (C=O) groups is 4. The van der Waals surface area contributed by atoms with Crippen molar-refractivity contribution in [2.24, 2.45) is 5.10 Å². The molecule has 2 heterocycles. The van der Waals surface area contributed by atoms with Gasteiger partial charge in [-0.3, -0.25) is 19.2 Å². The van der Waals surface area contributed by atoms with Crippen LogP contribution in [0.3, 0.4) is 0 Å². The third kappa shape index (κ3) is 6.99. The number of hydrogen-bond acceptors (Lipinski definition) is 13. The lowest BCUT2D eigenvalue weighted by atomic mass is 10.1. The Labute approximate surface area is 222 Å². The van der Waals surface area contributed by atoms with Gasteiger partial charge in [-0.05, 0) is 13.0 Å². The van der Waals surface area contributed by atoms with E-state index in [-0.39, 0.29) is 5.95 Å². The van der Waals surface area contributed by atoms with Crippen LogP contribution in [0.15, 0.2) is 29.4 Å². The molecule has 3 rings (SSSR count). The van der Waals surface area contributed by atoms with Crippen molar-refractivity contribution < 1.29 is 43.6 Å². The summed E-state index contributed by atoms with van der Waals surface area (Å²) in [5, 5.41) is 13.1. The van der Waals surface area contributed by atoms with Gasteiger partial charge in [0.05, 0.1) is 11.7 Å². The predicted molar refractivity (Wildman–Crippen MR) is 134 cm³/mol. The molecule has 1 aromatic carbocycles. The summed E-state index contributed by atoms with van der Waals surface area (Å²) in [5.41, 5.74) is 4.52. The molecule has 0 radical (unpaired) electrons. The molecule has 3 atom stereocenters. The first kappa shape index (κ1) is 22.6. The zero-order valence-electron chi connectivity index (χ0n) is 24.4. The van der Waals surface area contributed by atoms with Crippen molar-refractivity contribution in [2.45, 2.75) is 59.4 Å². The number of para-hydroxylation sites is 1. The number of ether oxygens (including phenoxy) is 4. The van der Waals surface area contributed by atoms with Gasteiger partial charge >= 0.3 is 23.9 Å². The maximum atomic E-state index is 12.1. The van der Waals surface area contributed by atoms with Gasteiger partial charge < -0.3 is 23.5 Å². The molecule has 0 saturated heterocycles. The van der Waals surface area contributed by atoms with Gasteiger partial charge in [-0.2, -0.15) is 10.1 Å². The molecule has 0 spiro atoms. The summed E-state index contributed by atoms with van der Waals surface area (Å²) < 4.78 is 51.2. The Balaban J connectivity index is 1.95. The number of aryl methyl sites for hydroxylation is 1. The third-order valence-electron chi connectivity index (χ3n) is 4.99. The molecule has 202 valence electrons. The Morgan fingerprint density at radius 1 is 1.03 bits per heavy atom. The molecule has 3 aromatic rings. The van der Waals surface area contributed by atoms with Gasteiger partial charge in [0.2, 0.25) is 0 Å². The Morgan fingerprint density at radius 2 is 1.74 bits per heavy atom. The number of anilines is 1. The summed E-state index contributed by atoms with van der Waals surface area (Å²) >= 11 is 0. The number of benzene rings is 1. The van der Waals surface area contributed by atoms with E-state index in [1.54, 1.807) is 0 Å². The van der Waals surface area contributed by atoms with Crippen LogP contribution < -0.4 is 5.43 Å². The lowest BCUT2D eigenvalue weighted by Gasteiger charge is -2.29. The van der Waals surface area contributed by atoms with Gasteiger partial charge in [-0.1, -0.05) is 18.2 Å². The molecule has 0 aliphatic heterocycles. The first-order chi connectivity index (χ1) is 20.3. The summed E-state index contributed by atoms with van der Waals surface area (Å²) in [6, 6.07) is 7.56. The van der Waals surface area contributed by atoms with Crippen molar-refractivity contribution in [3.63, 3.8) is 0 Å². The minimum Gasteiger partial charge on any atom is -0.462 e. The normalized spacial score (nSPS) is 15.0. The van der Waals surface area contributed by atoms with E-state index in [9.17, 15) is 19.2 Å². The number of nitrogens with zero attached hydrogens (tertiary/aromatic N) is 5. The molecule has 14 nitrogen and oxygen atoms in total. The number of aromatic nitrogens is 4. The van der Waals surface area contributed by atoms with Crippen LogP contribution in [0.5, 0.6) is 0 Å². The van der Waals surface area contributed by atoms with Gasteiger partial charge in [0.15, 0.2) is 24.0 Å². The molecule has 0 aliphatic rings. The number of hydrazone groups is 1. The number of esters is 4. The van der Waals surface area contributed by atoms with Crippen molar-refractivity contribution in [3.8, 4) is 0 Å². The molecule has 0 fully saturated rings. The molecule has 38 heavy (non-hydrogen) atoms. The monoisotopic (exact) mass is 532 g/mol. The minimum atomic E-state index is -1.73. The summed E-state index contributed by atoms with van der Waals surface area (Å²) in [6.07, 6.45) is -4.09. The van der Waals surface area contributed by atoms with E-state index in [0.717, 1.165) is 17.1 Å². The lowest BCUT2D eigenvalue weighted by molar-refractivity contribution is -0.183. The fraction of sp³-hybridized carbons (Fsp3) is 0.417. The van der Waals surface area contributed by atoms with Crippen molar-refractivity contribution >= 4 is 58.1 Å². The Morgan fingerprint density at radius 3 is 2.47 bits per heavy atom. The van der Waals surface area contributed by atoms with Crippen LogP contribution in [0, 0.1) is 0 Å². The van der Waals surface area contributed by atoms with Crippen molar-refractivity contribution in [1.29, 1.82) is 0 Å². The number of rotatable bonds is 11. The largest absolute Gasteiger partial charge is 0.462 e. The molecular weight excluding hydrogens is 500 g/mol. The quantitative estimate of drug-likeness (QED) is 0.164. The van der Waals surface area contributed by atoms with E-state index in [2.05, 4.69) is 25.7 Å². The summed E-state index contributed by atoms with van der Waals surface area (Å²) in [4.78, 5) is 52.2. The Hall–Kier alpha value is -4.62. The number of nitrogens with one attached hydrogen (secondary N) is 1. The third-order valence-corrected chi connectivity index (χ3v) is 4.99. The highest BCUT2D eigenvalue weighted by molar-refractivity contribution is 6.04. The van der Waals surface area contributed by atoms with Gasteiger partial charge in [-0.25, -0.2) is 5.43 Å². The van der Waals surface area contributed by atoms with Crippen LogP contribution in [0.1, 0.15) is 40.0 Å². The summed E-state index contributed by atoms with van der Waals surface area (Å²) in [6.45, 7) is -1.56. The smallest absolute Gasteiger partial charge is 0.303 e. The lowest BCUT2D eigenvalue weighted by Crippen LogP contribution is -2.48. The molecule has 0 saturated carbocycles. The van der Waals surface area contributed by atoms with Gasteiger partial charge in [0.1, 0.15) is 12.1 Å². The molecule has 0 amide bonds. The molecule has 0 bridgehead atoms. The Kier molecular flexibility index (Phi) is 7.46. The van der Waals surface area contributed by atoms with E-state index in [4.69, 9.17) is 24.4 Å². The highest BCUT2D eigenvalue weighted by atomic mass is 16.6.